The molecule has 1 saturated carbocycles. The Morgan fingerprint density at radius 1 is 1.11 bits per heavy atom. The molecule has 2 heterocycles. The molecule has 0 aromatic carbocycles. The van der Waals surface area contributed by atoms with E-state index in [-0.39, 0.29) is 0 Å². The van der Waals surface area contributed by atoms with Crippen molar-refractivity contribution in [2.24, 2.45) is 11.8 Å². The summed E-state index contributed by atoms with van der Waals surface area (Å²) in [4.78, 5) is 5.76. The molecule has 3 rings (SSSR count). The van der Waals surface area contributed by atoms with E-state index in [1.165, 1.54) is 25.3 Å². The highest BCUT2D eigenvalue weighted by molar-refractivity contribution is 5.41. The third-order valence-electron chi connectivity index (χ3n) is 4.08. The Kier molecular flexibility index (Phi) is 2.72. The lowest BCUT2D eigenvalue weighted by atomic mass is 10.0. The van der Waals surface area contributed by atoms with Crippen LogP contribution in [0.4, 0.5) is 19.0 Å². The van der Waals surface area contributed by atoms with Crippen molar-refractivity contribution in [1.29, 1.82) is 0 Å². The predicted molar refractivity (Wildman–Crippen MR) is 62.3 cm³/mol. The smallest absolute Gasteiger partial charge is 0.356 e. The zero-order valence-electron chi connectivity index (χ0n) is 9.95. The molecular weight excluding hydrogens is 241 g/mol. The maximum absolute atomic E-state index is 12.6. The van der Waals surface area contributed by atoms with Gasteiger partial charge in [0.25, 0.3) is 0 Å². The molecule has 0 amide bonds. The molecule has 0 radical (unpaired) electrons. The minimum Gasteiger partial charge on any atom is -0.356 e. The van der Waals surface area contributed by atoms with E-state index in [4.69, 9.17) is 0 Å². The number of nitrogens with zero attached hydrogens (tertiary/aromatic N) is 2. The average Bonchev–Trinajstić information content (AvgIpc) is 2.88. The van der Waals surface area contributed by atoms with Gasteiger partial charge in [0.05, 0.1) is 0 Å². The Morgan fingerprint density at radius 2 is 1.78 bits per heavy atom. The summed E-state index contributed by atoms with van der Waals surface area (Å²) in [7, 11) is 0. The van der Waals surface area contributed by atoms with Crippen LogP contribution in [0.2, 0.25) is 0 Å². The molecule has 1 saturated heterocycles. The molecule has 0 N–H and O–H groups in total. The van der Waals surface area contributed by atoms with Crippen molar-refractivity contribution in [3.05, 3.63) is 23.9 Å². The van der Waals surface area contributed by atoms with Crippen molar-refractivity contribution in [1.82, 2.24) is 4.98 Å². The van der Waals surface area contributed by atoms with Crippen molar-refractivity contribution in [2.75, 3.05) is 18.0 Å². The molecule has 1 aromatic rings. The first kappa shape index (κ1) is 11.8. The first-order valence-corrected chi connectivity index (χ1v) is 6.33. The van der Waals surface area contributed by atoms with Crippen molar-refractivity contribution in [2.45, 2.75) is 25.4 Å². The van der Waals surface area contributed by atoms with Crippen LogP contribution < -0.4 is 4.90 Å². The first-order chi connectivity index (χ1) is 8.54. The average molecular weight is 256 g/mol. The van der Waals surface area contributed by atoms with Gasteiger partial charge in [-0.25, -0.2) is 4.98 Å². The maximum Gasteiger partial charge on any atom is 0.433 e. The second-order valence-corrected chi connectivity index (χ2v) is 5.23. The molecular formula is C13H15F3N2. The van der Waals surface area contributed by atoms with Gasteiger partial charge in [0.1, 0.15) is 11.5 Å². The summed E-state index contributed by atoms with van der Waals surface area (Å²) in [6, 6.07) is 4.15. The summed E-state index contributed by atoms with van der Waals surface area (Å²) in [5, 5.41) is 0. The van der Waals surface area contributed by atoms with Crippen LogP contribution in [0.5, 0.6) is 0 Å². The summed E-state index contributed by atoms with van der Waals surface area (Å²) in [6.45, 7) is 1.72. The fraction of sp³-hybridized carbons (Fsp3) is 0.615. The van der Waals surface area contributed by atoms with E-state index in [0.717, 1.165) is 19.2 Å². The van der Waals surface area contributed by atoms with Crippen molar-refractivity contribution in [3.8, 4) is 0 Å². The quantitative estimate of drug-likeness (QED) is 0.766. The van der Waals surface area contributed by atoms with Crippen LogP contribution in [-0.2, 0) is 6.18 Å². The van der Waals surface area contributed by atoms with E-state index < -0.39 is 11.9 Å². The van der Waals surface area contributed by atoms with Gasteiger partial charge in [-0.1, -0.05) is 12.5 Å². The number of aromatic nitrogens is 1. The molecule has 2 atom stereocenters. The lowest BCUT2D eigenvalue weighted by Crippen LogP contribution is -2.23. The normalized spacial score (nSPS) is 27.6. The Labute approximate surface area is 104 Å². The number of anilines is 1. The van der Waals surface area contributed by atoms with Crippen LogP contribution in [0, 0.1) is 11.8 Å². The summed E-state index contributed by atoms with van der Waals surface area (Å²) < 4.78 is 37.8. The van der Waals surface area contributed by atoms with E-state index in [2.05, 4.69) is 4.98 Å². The van der Waals surface area contributed by atoms with Crippen LogP contribution in [-0.4, -0.2) is 18.1 Å². The number of rotatable bonds is 1. The Morgan fingerprint density at radius 3 is 2.39 bits per heavy atom. The molecule has 2 aliphatic rings. The lowest BCUT2D eigenvalue weighted by Gasteiger charge is -2.19. The number of pyridine rings is 1. The third-order valence-corrected chi connectivity index (χ3v) is 4.08. The Hall–Kier alpha value is -1.26. The number of hydrogen-bond donors (Lipinski definition) is 0. The van der Waals surface area contributed by atoms with E-state index in [1.807, 2.05) is 4.90 Å². The number of fused-ring (bicyclic) bond motifs is 1. The highest BCUT2D eigenvalue weighted by Gasteiger charge is 2.38. The summed E-state index contributed by atoms with van der Waals surface area (Å²) >= 11 is 0. The maximum atomic E-state index is 12.6. The van der Waals surface area contributed by atoms with Crippen LogP contribution in [0.25, 0.3) is 0 Å². The van der Waals surface area contributed by atoms with Gasteiger partial charge in [-0.15, -0.1) is 0 Å². The van der Waals surface area contributed by atoms with Gasteiger partial charge in [0, 0.05) is 13.1 Å². The molecule has 98 valence electrons. The van der Waals surface area contributed by atoms with Crippen LogP contribution in [0.15, 0.2) is 18.2 Å². The summed E-state index contributed by atoms with van der Waals surface area (Å²) in [5.74, 6) is 1.78. The summed E-state index contributed by atoms with van der Waals surface area (Å²) in [5.41, 5.74) is -0.794. The lowest BCUT2D eigenvalue weighted by molar-refractivity contribution is -0.141. The van der Waals surface area contributed by atoms with Gasteiger partial charge in [-0.05, 0) is 36.8 Å². The fourth-order valence-corrected chi connectivity index (χ4v) is 3.18. The van der Waals surface area contributed by atoms with E-state index in [9.17, 15) is 13.2 Å². The predicted octanol–water partition coefficient (Wildman–Crippen LogP) is 3.34. The molecule has 2 unspecified atom stereocenters. The van der Waals surface area contributed by atoms with Gasteiger partial charge in [-0.2, -0.15) is 13.2 Å². The highest BCUT2D eigenvalue weighted by Crippen LogP contribution is 2.39. The molecule has 0 bridgehead atoms. The van der Waals surface area contributed by atoms with Crippen molar-refractivity contribution < 1.29 is 13.2 Å². The van der Waals surface area contributed by atoms with Gasteiger partial charge in [-0.3, -0.25) is 0 Å². The largest absolute Gasteiger partial charge is 0.433 e. The van der Waals surface area contributed by atoms with Crippen molar-refractivity contribution in [3.63, 3.8) is 0 Å². The SMILES string of the molecule is FC(F)(F)c1cccc(N2CC3CCCC3C2)n1. The molecule has 0 spiro atoms. The van der Waals surface area contributed by atoms with Crippen molar-refractivity contribution >= 4 is 5.82 Å². The third kappa shape index (κ3) is 2.06. The Bertz CT molecular complexity index is 432. The molecule has 1 aliphatic carbocycles. The number of hydrogen-bond acceptors (Lipinski definition) is 2. The van der Waals surface area contributed by atoms with E-state index in [1.54, 1.807) is 6.07 Å². The molecule has 2 nitrogen and oxygen atoms in total. The Balaban J connectivity index is 1.81. The molecule has 18 heavy (non-hydrogen) atoms. The topological polar surface area (TPSA) is 16.1 Å². The number of halogens is 3. The monoisotopic (exact) mass is 256 g/mol. The molecule has 1 aliphatic heterocycles. The van der Waals surface area contributed by atoms with Crippen LogP contribution in [0.1, 0.15) is 25.0 Å². The zero-order chi connectivity index (χ0) is 12.8. The second-order valence-electron chi connectivity index (χ2n) is 5.23. The molecule has 5 heteroatoms. The van der Waals surface area contributed by atoms with E-state index >= 15 is 0 Å². The minimum absolute atomic E-state index is 0.472. The van der Waals surface area contributed by atoms with Gasteiger partial charge >= 0.3 is 6.18 Å². The fourth-order valence-electron chi connectivity index (χ4n) is 3.18. The second kappa shape index (κ2) is 4.14. The van der Waals surface area contributed by atoms with E-state index in [0.29, 0.717) is 17.7 Å². The summed E-state index contributed by atoms with van der Waals surface area (Å²) in [6.07, 6.45) is -0.676. The minimum atomic E-state index is -4.36. The number of alkyl halides is 3. The van der Waals surface area contributed by atoms with Gasteiger partial charge in [0.2, 0.25) is 0 Å². The van der Waals surface area contributed by atoms with Gasteiger partial charge < -0.3 is 4.90 Å². The van der Waals surface area contributed by atoms with Gasteiger partial charge in [0.15, 0.2) is 0 Å². The molecule has 2 fully saturated rings. The standard InChI is InChI=1S/C13H15F3N2/c14-13(15,16)11-5-2-6-12(17-11)18-7-9-3-1-4-10(9)8-18/h2,5-6,9-10H,1,3-4,7-8H2. The van der Waals surface area contributed by atoms with Crippen LogP contribution >= 0.6 is 0 Å². The first-order valence-electron chi connectivity index (χ1n) is 6.33. The molecule has 1 aromatic heterocycles. The van der Waals surface area contributed by atoms with Crippen LogP contribution in [0.3, 0.4) is 0 Å². The zero-order valence-corrected chi connectivity index (χ0v) is 9.95. The highest BCUT2D eigenvalue weighted by atomic mass is 19.4.